The number of aromatic nitrogens is 2. The molecule has 1 aromatic heterocycles. The normalized spacial score (nSPS) is 16.4. The van der Waals surface area contributed by atoms with Crippen LogP contribution in [0.4, 0.5) is 0 Å². The van der Waals surface area contributed by atoms with E-state index in [2.05, 4.69) is 14.9 Å². The van der Waals surface area contributed by atoms with E-state index in [1.807, 2.05) is 0 Å². The van der Waals surface area contributed by atoms with Gasteiger partial charge in [-0.05, 0) is 24.5 Å². The van der Waals surface area contributed by atoms with Gasteiger partial charge in [-0.3, -0.25) is 19.5 Å². The molecule has 3 N–H and O–H groups in total. The molecule has 3 rings (SSSR count). The number of hydrogen-bond donors (Lipinski definition) is 3. The molecular weight excluding hydrogens is 420 g/mol. The van der Waals surface area contributed by atoms with Gasteiger partial charge in [-0.1, -0.05) is 68.3 Å². The summed E-state index contributed by atoms with van der Waals surface area (Å²) in [4.78, 5) is 28.7. The van der Waals surface area contributed by atoms with Crippen molar-refractivity contribution in [2.75, 3.05) is 0 Å². The molecule has 1 saturated carbocycles. The Morgan fingerprint density at radius 3 is 2.65 bits per heavy atom. The summed E-state index contributed by atoms with van der Waals surface area (Å²) < 4.78 is 19.8. The lowest BCUT2D eigenvalue weighted by Gasteiger charge is -2.22. The zero-order chi connectivity index (χ0) is 22.1. The summed E-state index contributed by atoms with van der Waals surface area (Å²) in [6.45, 7) is 0. The molecule has 10 heteroatoms. The lowest BCUT2D eigenvalue weighted by atomic mass is 9.84. The molecule has 2 unspecified atom stereocenters. The summed E-state index contributed by atoms with van der Waals surface area (Å²) in [6.07, 6.45) is 8.88. The second-order valence-electron chi connectivity index (χ2n) is 7.84. The van der Waals surface area contributed by atoms with Crippen molar-refractivity contribution in [3.05, 3.63) is 42.0 Å². The third kappa shape index (κ3) is 6.96. The van der Waals surface area contributed by atoms with Gasteiger partial charge in [0.15, 0.2) is 11.0 Å². The molecule has 1 aliphatic rings. The summed E-state index contributed by atoms with van der Waals surface area (Å²) in [5.41, 5.74) is 1.63. The highest BCUT2D eigenvalue weighted by Gasteiger charge is 2.25. The van der Waals surface area contributed by atoms with Crippen LogP contribution in [0.2, 0.25) is 0 Å². The van der Waals surface area contributed by atoms with Crippen molar-refractivity contribution in [2.45, 2.75) is 68.6 Å². The second-order valence-corrected chi connectivity index (χ2v) is 9.05. The smallest absolute Gasteiger partial charge is 0.304 e. The van der Waals surface area contributed by atoms with E-state index in [0.717, 1.165) is 12.8 Å². The molecule has 9 nitrogen and oxygen atoms in total. The molecule has 0 bridgehead atoms. The maximum absolute atomic E-state index is 12.4. The quantitative estimate of drug-likeness (QED) is 0.375. The van der Waals surface area contributed by atoms with E-state index < -0.39 is 28.7 Å². The highest BCUT2D eigenvalue weighted by molar-refractivity contribution is 7.83. The average Bonchev–Trinajstić information content (AvgIpc) is 3.30. The van der Waals surface area contributed by atoms with E-state index in [1.54, 1.807) is 35.8 Å². The van der Waals surface area contributed by atoms with Gasteiger partial charge >= 0.3 is 5.91 Å². The maximum Gasteiger partial charge on any atom is 0.304 e. The van der Waals surface area contributed by atoms with Crippen molar-refractivity contribution in [1.29, 1.82) is 0 Å². The van der Waals surface area contributed by atoms with E-state index in [1.165, 1.54) is 32.1 Å². The molecule has 31 heavy (non-hydrogen) atoms. The first-order valence-electron chi connectivity index (χ1n) is 10.6. The summed E-state index contributed by atoms with van der Waals surface area (Å²) in [5, 5.41) is 12.6. The first-order chi connectivity index (χ1) is 15.1. The number of nitrogens with one attached hydrogen (secondary N) is 2. The van der Waals surface area contributed by atoms with E-state index in [4.69, 9.17) is 9.73 Å². The van der Waals surface area contributed by atoms with Crippen LogP contribution in [0.15, 0.2) is 39.8 Å². The highest BCUT2D eigenvalue weighted by Crippen LogP contribution is 2.31. The van der Waals surface area contributed by atoms with Crippen molar-refractivity contribution in [3.63, 3.8) is 0 Å². The zero-order valence-electron chi connectivity index (χ0n) is 17.3. The Morgan fingerprint density at radius 1 is 1.19 bits per heavy atom. The molecule has 0 radical (unpaired) electrons. The lowest BCUT2D eigenvalue weighted by Crippen LogP contribution is -2.26. The minimum absolute atomic E-state index is 0.0274. The molecule has 0 aliphatic heterocycles. The van der Waals surface area contributed by atoms with E-state index in [0.29, 0.717) is 17.2 Å². The largest absolute Gasteiger partial charge is 0.338 e. The first-order valence-corrected chi connectivity index (χ1v) is 11.8. The van der Waals surface area contributed by atoms with Gasteiger partial charge in [-0.15, -0.1) is 0 Å². The molecular formula is C21H28N4O5S. The Kier molecular flexibility index (Phi) is 8.72. The molecule has 2 amide bonds. The van der Waals surface area contributed by atoms with Gasteiger partial charge in [0.1, 0.15) is 0 Å². The molecule has 2 aromatic rings. The summed E-state index contributed by atoms with van der Waals surface area (Å²) in [6, 6.07) is 8.48. The van der Waals surface area contributed by atoms with Gasteiger partial charge in [0.25, 0.3) is 5.82 Å². The second kappa shape index (κ2) is 11.7. The number of nitrogens with zero attached hydrogens (tertiary/aromatic N) is 2. The van der Waals surface area contributed by atoms with Gasteiger partial charge in [0.2, 0.25) is 11.8 Å². The van der Waals surface area contributed by atoms with Gasteiger partial charge in [-0.25, -0.2) is 9.69 Å². The number of hydroxylamine groups is 1. The fourth-order valence-electron chi connectivity index (χ4n) is 3.94. The topological polar surface area (TPSA) is 134 Å². The monoisotopic (exact) mass is 448 g/mol. The Bertz CT molecular complexity index is 883. The number of amides is 2. The van der Waals surface area contributed by atoms with Crippen molar-refractivity contribution >= 4 is 22.8 Å². The Balaban J connectivity index is 1.60. The van der Waals surface area contributed by atoms with Crippen LogP contribution < -0.4 is 10.2 Å². The molecule has 1 fully saturated rings. The fourth-order valence-corrected chi connectivity index (χ4v) is 4.72. The molecule has 1 aromatic carbocycles. The van der Waals surface area contributed by atoms with E-state index in [-0.39, 0.29) is 18.1 Å². The Morgan fingerprint density at radius 2 is 1.94 bits per heavy atom. The van der Waals surface area contributed by atoms with Crippen LogP contribution in [-0.2, 0) is 15.8 Å². The number of benzene rings is 1. The van der Waals surface area contributed by atoms with Crippen molar-refractivity contribution in [1.82, 2.24) is 20.3 Å². The van der Waals surface area contributed by atoms with Gasteiger partial charge in [0.05, 0.1) is 4.90 Å². The molecule has 1 aliphatic carbocycles. The van der Waals surface area contributed by atoms with Crippen molar-refractivity contribution in [2.24, 2.45) is 5.92 Å². The zero-order valence-corrected chi connectivity index (χ0v) is 18.1. The third-order valence-electron chi connectivity index (χ3n) is 5.58. The summed E-state index contributed by atoms with van der Waals surface area (Å²) in [7, 11) is -1.75. The maximum atomic E-state index is 12.4. The minimum Gasteiger partial charge on any atom is -0.338 e. The Hall–Kier alpha value is -2.59. The van der Waals surface area contributed by atoms with Gasteiger partial charge in [-0.2, -0.15) is 4.98 Å². The SMILES string of the molecule is O=C(CC(CCCC1CCCCC1)c1nc(C(=O)NS(=O)c2ccccc2)no1)NO. The van der Waals surface area contributed by atoms with Crippen molar-refractivity contribution < 1.29 is 23.5 Å². The van der Waals surface area contributed by atoms with Crippen LogP contribution in [-0.4, -0.2) is 31.4 Å². The van der Waals surface area contributed by atoms with E-state index in [9.17, 15) is 13.8 Å². The minimum atomic E-state index is -1.75. The number of carbonyl (C=O) groups excluding carboxylic acids is 2. The van der Waals surface area contributed by atoms with Crippen LogP contribution in [0.5, 0.6) is 0 Å². The van der Waals surface area contributed by atoms with Crippen LogP contribution >= 0.6 is 0 Å². The van der Waals surface area contributed by atoms with Gasteiger partial charge in [0, 0.05) is 12.3 Å². The first kappa shape index (κ1) is 23.1. The number of rotatable bonds is 10. The van der Waals surface area contributed by atoms with Crippen LogP contribution in [0.25, 0.3) is 0 Å². The molecule has 0 spiro atoms. The number of carbonyl (C=O) groups is 2. The predicted octanol–water partition coefficient (Wildman–Crippen LogP) is 3.25. The van der Waals surface area contributed by atoms with E-state index >= 15 is 0 Å². The van der Waals surface area contributed by atoms with Crippen LogP contribution in [0.1, 0.15) is 80.2 Å². The summed E-state index contributed by atoms with van der Waals surface area (Å²) >= 11 is 0. The van der Waals surface area contributed by atoms with Gasteiger partial charge < -0.3 is 4.52 Å². The highest BCUT2D eigenvalue weighted by atomic mass is 32.2. The Labute approximate surface area is 183 Å². The third-order valence-corrected chi connectivity index (χ3v) is 6.65. The van der Waals surface area contributed by atoms with Crippen LogP contribution in [0.3, 0.4) is 0 Å². The molecule has 2 atom stereocenters. The van der Waals surface area contributed by atoms with Crippen molar-refractivity contribution in [3.8, 4) is 0 Å². The molecule has 0 saturated heterocycles. The molecule has 168 valence electrons. The van der Waals surface area contributed by atoms with Crippen LogP contribution in [0, 0.1) is 5.92 Å². The molecule has 1 heterocycles. The predicted molar refractivity (Wildman–Crippen MR) is 112 cm³/mol. The standard InChI is InChI=1S/C21H28N4O5S/c26-18(23-28)14-16(11-7-10-15-8-3-1-4-9-15)21-22-19(24-30-21)20(27)25-31(29)17-12-5-2-6-13-17/h2,5-6,12-13,15-16,28H,1,3-4,7-11,14H2,(H,23,26)(H,25,27). The number of hydrogen-bond acceptors (Lipinski definition) is 7. The summed E-state index contributed by atoms with van der Waals surface area (Å²) in [5.74, 6) is -1.09. The average molecular weight is 449 g/mol. The fraction of sp³-hybridized carbons (Fsp3) is 0.524. The lowest BCUT2D eigenvalue weighted by molar-refractivity contribution is -0.129.